The predicted molar refractivity (Wildman–Crippen MR) is 521 cm³/mol. The molecule has 1 aliphatic rings. The first-order valence-corrected chi connectivity index (χ1v) is 39.6. The number of hydrogen-bond donors (Lipinski definition) is 9. The van der Waals surface area contributed by atoms with Crippen molar-refractivity contribution in [3.63, 3.8) is 0 Å². The monoisotopic (exact) mass is 1620 g/mol. The van der Waals surface area contributed by atoms with Crippen molar-refractivity contribution in [1.82, 2.24) is 55.2 Å². The SMILES string of the molecule is C.C.CNc1nccc2ccc(C)cc12.Cc1ccc2c(N)ccnc2c1.Cc1ccc2c(N)nc(C)nc2c1.Cc1ccc2c(N)nccc2c1.Cc1ccc2c(c1)CNCC2.Cc1ccc2ccccc2c1.Cc1ccc2ccnc(N)c2c1.Cc1ccc2cnccc2c1.Cc1ccc2nc(N)nc(N)c2c1.Cc1cccc2c(N)nccc12. The Hall–Kier alpha value is -14.8. The van der Waals surface area contributed by atoms with Crippen LogP contribution in [-0.2, 0) is 13.0 Å². The van der Waals surface area contributed by atoms with Gasteiger partial charge in [-0.2, -0.15) is 4.98 Å². The van der Waals surface area contributed by atoms with Gasteiger partial charge in [0.1, 0.15) is 40.7 Å². The Morgan fingerprint density at radius 3 is 1.45 bits per heavy atom. The second kappa shape index (κ2) is 43.6. The first-order chi connectivity index (χ1) is 57.8. The van der Waals surface area contributed by atoms with Gasteiger partial charge in [-0.25, -0.2) is 34.9 Å². The lowest BCUT2D eigenvalue weighted by Gasteiger charge is -2.16. The Labute approximate surface area is 716 Å². The zero-order valence-electron chi connectivity index (χ0n) is 70.3. The van der Waals surface area contributed by atoms with E-state index in [0.717, 1.165) is 95.6 Å². The summed E-state index contributed by atoms with van der Waals surface area (Å²) in [6.45, 7) is 24.7. The van der Waals surface area contributed by atoms with E-state index in [4.69, 9.17) is 40.1 Å². The summed E-state index contributed by atoms with van der Waals surface area (Å²) < 4.78 is 0. The molecule has 620 valence electrons. The van der Waals surface area contributed by atoms with Crippen LogP contribution in [0, 0.1) is 76.2 Å². The van der Waals surface area contributed by atoms with Crippen LogP contribution in [0.25, 0.3) is 97.3 Å². The number of pyridine rings is 6. The van der Waals surface area contributed by atoms with Crippen LogP contribution < -0.4 is 50.8 Å². The number of aromatic nitrogens is 10. The number of nitrogens with two attached hydrogens (primary N) is 7. The maximum absolute atomic E-state index is 5.77. The fourth-order valence-electron chi connectivity index (χ4n) is 13.6. The van der Waals surface area contributed by atoms with Crippen molar-refractivity contribution < 1.29 is 0 Å². The van der Waals surface area contributed by atoms with Crippen LogP contribution in [0.15, 0.2) is 286 Å². The highest BCUT2D eigenvalue weighted by Gasteiger charge is 2.09. The van der Waals surface area contributed by atoms with Crippen molar-refractivity contribution in [3.05, 3.63) is 359 Å². The third kappa shape index (κ3) is 25.1. The number of aryl methyl sites for hydroxylation is 11. The van der Waals surface area contributed by atoms with Gasteiger partial charge in [-0.1, -0.05) is 218 Å². The molecule has 1 aliphatic heterocycles. The summed E-state index contributed by atoms with van der Waals surface area (Å²) in [5.41, 5.74) is 58.7. The van der Waals surface area contributed by atoms with Crippen molar-refractivity contribution in [3.8, 4) is 0 Å². The van der Waals surface area contributed by atoms with Gasteiger partial charge in [0.25, 0.3) is 0 Å². The van der Waals surface area contributed by atoms with Crippen molar-refractivity contribution in [2.24, 2.45) is 0 Å². The van der Waals surface area contributed by atoms with E-state index in [-0.39, 0.29) is 20.8 Å². The minimum atomic E-state index is 0. The number of nitrogen functional groups attached to an aromatic ring is 7. The van der Waals surface area contributed by atoms with Gasteiger partial charge in [-0.05, 0) is 234 Å². The number of benzene rings is 11. The Balaban J connectivity index is 0.000000154. The molecule has 19 aromatic rings. The van der Waals surface area contributed by atoms with Gasteiger partial charge in [0.15, 0.2) is 0 Å². The summed E-state index contributed by atoms with van der Waals surface area (Å²) >= 11 is 0. The van der Waals surface area contributed by atoms with Gasteiger partial charge in [0, 0.05) is 106 Å². The first-order valence-electron chi connectivity index (χ1n) is 39.6. The third-order valence-corrected chi connectivity index (χ3v) is 19.9. The standard InChI is InChI=1S/C11H12N2.C11H10.C10H11N3.4C10H10N2.C10H9N.C10H13N.C9H10N4.2CH4/c1-8-3-4-9-5-6-13-11(12-2)10(9)7-8;1-9-6-7-10-4-2-3-5-11(10)8-9;1-6-3-4-8-9(5-6)12-7(2)13-10(8)11;1-7-2-3-9-8(6-7)4-5-12-10(9)11;1-7-2-3-8-9(11)4-5-12-10(8)6-7;1-7-2-3-8-4-5-12-10(11)9(8)6-7;1-7-3-2-4-9-8(7)5-6-12-10(9)11;1-8-2-3-10-7-11-5-4-9(10)6-8;1-8-2-3-9-4-5-11-7-10(9)6-8;1-5-2-3-7-6(4-5)8(10)13-9(11)12-7;;/h3-7H,1-2H3,(H,12,13);2-8H,1H3;3-5H,1-2H3,(H2,11,12,13);4*2-6H,1H3,(H2,11,12);2-7H,1H3;2-3,6,11H,4-5,7H2,1H3;2-4H,1H3,(H4,10,11,12,13);2*1H4. The molecule has 0 amide bonds. The van der Waals surface area contributed by atoms with Gasteiger partial charge in [0.2, 0.25) is 5.95 Å². The molecular weight excluding hydrogens is 1500 g/mol. The van der Waals surface area contributed by atoms with E-state index in [9.17, 15) is 0 Å². The number of fused-ring (bicyclic) bond motifs is 10. The van der Waals surface area contributed by atoms with E-state index in [2.05, 4.69) is 229 Å². The number of rotatable bonds is 1. The van der Waals surface area contributed by atoms with Crippen molar-refractivity contribution in [2.45, 2.75) is 104 Å². The molecule has 0 spiro atoms. The molecule has 0 fully saturated rings. The number of nitrogens with zero attached hydrogens (tertiary/aromatic N) is 10. The van der Waals surface area contributed by atoms with Gasteiger partial charge in [0.05, 0.1) is 16.6 Å². The Bertz CT molecular complexity index is 6530. The van der Waals surface area contributed by atoms with E-state index in [1.807, 2.05) is 176 Å². The van der Waals surface area contributed by atoms with E-state index in [1.54, 1.807) is 24.8 Å². The molecule has 0 saturated heterocycles. The summed E-state index contributed by atoms with van der Waals surface area (Å²) in [5.74, 6) is 4.69. The van der Waals surface area contributed by atoms with Crippen LogP contribution in [0.5, 0.6) is 0 Å². The normalized spacial score (nSPS) is 10.8. The van der Waals surface area contributed by atoms with Crippen LogP contribution in [0.4, 0.5) is 46.5 Å². The highest BCUT2D eigenvalue weighted by Crippen LogP contribution is 2.27. The summed E-state index contributed by atoms with van der Waals surface area (Å²) in [4.78, 5) is 40.9. The second-order valence-electron chi connectivity index (χ2n) is 29.7. The highest BCUT2D eigenvalue weighted by atomic mass is 15.0. The highest BCUT2D eigenvalue weighted by molar-refractivity contribution is 5.96. The van der Waals surface area contributed by atoms with Crippen molar-refractivity contribution in [1.29, 1.82) is 0 Å². The lowest BCUT2D eigenvalue weighted by atomic mass is 9.99. The number of nitrogens with one attached hydrogen (secondary N) is 2. The lowest BCUT2D eigenvalue weighted by Crippen LogP contribution is -2.23. The maximum atomic E-state index is 5.77. The second-order valence-corrected chi connectivity index (χ2v) is 29.7. The largest absolute Gasteiger partial charge is 0.398 e. The molecular formula is C103H113N19. The molecule has 19 nitrogen and oxygen atoms in total. The zero-order valence-corrected chi connectivity index (χ0v) is 70.3. The molecule has 11 aromatic carbocycles. The van der Waals surface area contributed by atoms with Crippen LogP contribution in [0.2, 0.25) is 0 Å². The molecule has 0 radical (unpaired) electrons. The quantitative estimate of drug-likeness (QED) is 0.0737. The minimum Gasteiger partial charge on any atom is -0.398 e. The molecule has 0 unspecified atom stereocenters. The molecule has 8 aromatic heterocycles. The van der Waals surface area contributed by atoms with E-state index in [1.165, 1.54) is 105 Å². The van der Waals surface area contributed by atoms with Gasteiger partial charge < -0.3 is 50.8 Å². The topological polar surface area (TPSA) is 335 Å². The number of anilines is 8. The Morgan fingerprint density at radius 2 is 0.779 bits per heavy atom. The molecule has 0 atom stereocenters. The Kier molecular flexibility index (Phi) is 32.5. The number of hydrogen-bond acceptors (Lipinski definition) is 19. The van der Waals surface area contributed by atoms with Crippen LogP contribution in [0.3, 0.4) is 0 Å². The van der Waals surface area contributed by atoms with E-state index in [0.29, 0.717) is 29.1 Å². The minimum absolute atomic E-state index is 0. The maximum Gasteiger partial charge on any atom is 0.222 e. The van der Waals surface area contributed by atoms with Crippen LogP contribution >= 0.6 is 0 Å². The van der Waals surface area contributed by atoms with Crippen LogP contribution in [-0.4, -0.2) is 63.4 Å². The summed E-state index contributed by atoms with van der Waals surface area (Å²) in [6, 6.07) is 82.4. The van der Waals surface area contributed by atoms with Crippen LogP contribution in [0.1, 0.15) is 87.4 Å². The Morgan fingerprint density at radius 1 is 0.295 bits per heavy atom. The zero-order chi connectivity index (χ0) is 85.4. The summed E-state index contributed by atoms with van der Waals surface area (Å²) in [7, 11) is 1.89. The lowest BCUT2D eigenvalue weighted by molar-refractivity contribution is 0.643. The molecule has 16 N–H and O–H groups in total. The molecule has 20 rings (SSSR count). The molecule has 19 heteroatoms. The molecule has 0 bridgehead atoms. The summed E-state index contributed by atoms with van der Waals surface area (Å²) in [6.07, 6.45) is 13.7. The molecule has 0 aliphatic carbocycles. The predicted octanol–water partition coefficient (Wildman–Crippen LogP) is 22.6. The third-order valence-electron chi connectivity index (χ3n) is 19.9. The van der Waals surface area contributed by atoms with Gasteiger partial charge in [-0.3, -0.25) is 9.97 Å². The average Bonchev–Trinajstić information content (AvgIpc) is 0.790. The van der Waals surface area contributed by atoms with Crippen molar-refractivity contribution in [2.75, 3.05) is 59.0 Å². The molecule has 122 heavy (non-hydrogen) atoms. The summed E-state index contributed by atoms with van der Waals surface area (Å²) in [5, 5.41) is 23.4. The van der Waals surface area contributed by atoms with E-state index < -0.39 is 0 Å². The fraction of sp³-hybridized carbons (Fsp3) is 0.165. The molecule has 0 saturated carbocycles. The smallest absolute Gasteiger partial charge is 0.222 e. The van der Waals surface area contributed by atoms with Crippen molar-refractivity contribution >= 4 is 144 Å². The van der Waals surface area contributed by atoms with Gasteiger partial charge in [-0.15, -0.1) is 0 Å². The molecule has 9 heterocycles. The average molecular weight is 1620 g/mol. The van der Waals surface area contributed by atoms with E-state index >= 15 is 0 Å². The van der Waals surface area contributed by atoms with Gasteiger partial charge >= 0.3 is 0 Å². The first kappa shape index (κ1) is 91.1. The fourth-order valence-corrected chi connectivity index (χ4v) is 13.6.